The summed E-state index contributed by atoms with van der Waals surface area (Å²) in [5.41, 5.74) is 7.57. The van der Waals surface area contributed by atoms with Crippen LogP contribution in [0.25, 0.3) is 11.3 Å². The molecule has 0 atom stereocenters. The minimum Gasteiger partial charge on any atom is -0.355 e. The first-order chi connectivity index (χ1) is 9.86. The van der Waals surface area contributed by atoms with E-state index in [4.69, 9.17) is 5.73 Å². The van der Waals surface area contributed by atoms with Gasteiger partial charge in [0.25, 0.3) is 0 Å². The Labute approximate surface area is 118 Å². The second-order valence-corrected chi connectivity index (χ2v) is 5.18. The number of pyridine rings is 1. The average molecular weight is 269 g/mol. The van der Waals surface area contributed by atoms with Crippen LogP contribution in [0.4, 0.5) is 5.82 Å². The number of hydrogen-bond acceptors (Lipinski definition) is 5. The Hall–Kier alpha value is -2.01. The second-order valence-electron chi connectivity index (χ2n) is 5.18. The molecule has 0 radical (unpaired) electrons. The molecule has 0 aromatic carbocycles. The Morgan fingerprint density at radius 2 is 2.00 bits per heavy atom. The van der Waals surface area contributed by atoms with Crippen LogP contribution in [0.3, 0.4) is 0 Å². The first-order valence-electron chi connectivity index (χ1n) is 7.06. The highest BCUT2D eigenvalue weighted by Gasteiger charge is 2.19. The minimum atomic E-state index is 0.661. The standard InChI is InChI=1S/C15H19N5/c16-10-12-5-8-20(9-6-12)15-4-3-14(18-19-15)13-2-1-7-17-11-13/h1-4,7,11-12H,5-6,8-10,16H2. The molecule has 104 valence electrons. The van der Waals surface area contributed by atoms with Crippen molar-refractivity contribution < 1.29 is 0 Å². The van der Waals surface area contributed by atoms with E-state index in [1.165, 1.54) is 0 Å². The lowest BCUT2D eigenvalue weighted by atomic mass is 9.97. The molecule has 1 aliphatic rings. The van der Waals surface area contributed by atoms with Crippen molar-refractivity contribution in [2.24, 2.45) is 11.7 Å². The number of anilines is 1. The third kappa shape index (κ3) is 2.77. The average Bonchev–Trinajstić information content (AvgIpc) is 2.56. The van der Waals surface area contributed by atoms with Crippen molar-refractivity contribution in [3.8, 4) is 11.3 Å². The number of hydrogen-bond donors (Lipinski definition) is 1. The lowest BCUT2D eigenvalue weighted by Gasteiger charge is -2.31. The molecule has 2 aromatic heterocycles. The summed E-state index contributed by atoms with van der Waals surface area (Å²) in [6, 6.07) is 7.94. The summed E-state index contributed by atoms with van der Waals surface area (Å²) in [5.74, 6) is 1.61. The van der Waals surface area contributed by atoms with Crippen molar-refractivity contribution in [3.05, 3.63) is 36.7 Å². The van der Waals surface area contributed by atoms with E-state index in [-0.39, 0.29) is 0 Å². The van der Waals surface area contributed by atoms with Gasteiger partial charge >= 0.3 is 0 Å². The second kappa shape index (κ2) is 5.96. The fourth-order valence-corrected chi connectivity index (χ4v) is 2.56. The largest absolute Gasteiger partial charge is 0.355 e. The Balaban J connectivity index is 1.71. The molecule has 1 aliphatic heterocycles. The van der Waals surface area contributed by atoms with E-state index in [1.807, 2.05) is 24.3 Å². The molecule has 2 N–H and O–H groups in total. The third-order valence-electron chi connectivity index (χ3n) is 3.88. The van der Waals surface area contributed by atoms with E-state index in [1.54, 1.807) is 12.4 Å². The zero-order valence-corrected chi connectivity index (χ0v) is 11.4. The molecule has 0 saturated carbocycles. The van der Waals surface area contributed by atoms with Crippen LogP contribution in [-0.4, -0.2) is 34.8 Å². The van der Waals surface area contributed by atoms with Gasteiger partial charge in [0.2, 0.25) is 0 Å². The van der Waals surface area contributed by atoms with Gasteiger partial charge in [0.05, 0.1) is 5.69 Å². The summed E-state index contributed by atoms with van der Waals surface area (Å²) in [5, 5.41) is 8.65. The number of rotatable bonds is 3. The predicted octanol–water partition coefficient (Wildman–Crippen LogP) is 1.71. The van der Waals surface area contributed by atoms with Crippen LogP contribution in [0.1, 0.15) is 12.8 Å². The topological polar surface area (TPSA) is 67.9 Å². The fraction of sp³-hybridized carbons (Fsp3) is 0.400. The van der Waals surface area contributed by atoms with Crippen molar-refractivity contribution in [1.29, 1.82) is 0 Å². The normalized spacial score (nSPS) is 16.4. The van der Waals surface area contributed by atoms with Crippen LogP contribution in [0.15, 0.2) is 36.7 Å². The van der Waals surface area contributed by atoms with Gasteiger partial charge in [0, 0.05) is 31.0 Å². The molecule has 0 unspecified atom stereocenters. The monoisotopic (exact) mass is 269 g/mol. The Morgan fingerprint density at radius 1 is 1.15 bits per heavy atom. The van der Waals surface area contributed by atoms with Crippen LogP contribution >= 0.6 is 0 Å². The number of nitrogens with two attached hydrogens (primary N) is 1. The van der Waals surface area contributed by atoms with Gasteiger partial charge in [-0.1, -0.05) is 0 Å². The van der Waals surface area contributed by atoms with Gasteiger partial charge in [-0.05, 0) is 49.6 Å². The molecule has 3 heterocycles. The van der Waals surface area contributed by atoms with Gasteiger partial charge < -0.3 is 10.6 Å². The molecule has 2 aromatic rings. The first-order valence-corrected chi connectivity index (χ1v) is 7.06. The molecule has 5 nitrogen and oxygen atoms in total. The Morgan fingerprint density at radius 3 is 2.60 bits per heavy atom. The smallest absolute Gasteiger partial charge is 0.151 e. The van der Waals surface area contributed by atoms with E-state index in [2.05, 4.69) is 20.1 Å². The molecule has 0 aliphatic carbocycles. The lowest BCUT2D eigenvalue weighted by molar-refractivity contribution is 0.412. The van der Waals surface area contributed by atoms with Gasteiger partial charge in [0.1, 0.15) is 0 Å². The molecule has 0 amide bonds. The van der Waals surface area contributed by atoms with Crippen molar-refractivity contribution in [2.75, 3.05) is 24.5 Å². The SMILES string of the molecule is NCC1CCN(c2ccc(-c3cccnc3)nn2)CC1. The first kappa shape index (κ1) is 13.0. The molecular formula is C15H19N5. The fourth-order valence-electron chi connectivity index (χ4n) is 2.56. The molecule has 1 saturated heterocycles. The molecule has 20 heavy (non-hydrogen) atoms. The number of nitrogens with zero attached hydrogens (tertiary/aromatic N) is 4. The summed E-state index contributed by atoms with van der Waals surface area (Å²) in [6.07, 6.45) is 5.84. The zero-order valence-electron chi connectivity index (χ0n) is 11.4. The maximum absolute atomic E-state index is 5.72. The van der Waals surface area contributed by atoms with E-state index in [0.717, 1.165) is 49.6 Å². The third-order valence-corrected chi connectivity index (χ3v) is 3.88. The lowest BCUT2D eigenvalue weighted by Crippen LogP contribution is -2.36. The van der Waals surface area contributed by atoms with E-state index in [9.17, 15) is 0 Å². The highest BCUT2D eigenvalue weighted by Crippen LogP contribution is 2.22. The Kier molecular flexibility index (Phi) is 3.87. The van der Waals surface area contributed by atoms with Gasteiger partial charge in [-0.2, -0.15) is 0 Å². The van der Waals surface area contributed by atoms with Crippen LogP contribution in [-0.2, 0) is 0 Å². The highest BCUT2D eigenvalue weighted by atomic mass is 15.3. The van der Waals surface area contributed by atoms with E-state index in [0.29, 0.717) is 5.92 Å². The van der Waals surface area contributed by atoms with Gasteiger partial charge in [-0.15, -0.1) is 10.2 Å². The van der Waals surface area contributed by atoms with Crippen LogP contribution < -0.4 is 10.6 Å². The summed E-state index contributed by atoms with van der Waals surface area (Å²) in [6.45, 7) is 2.82. The zero-order chi connectivity index (χ0) is 13.8. The molecule has 3 rings (SSSR count). The number of aromatic nitrogens is 3. The maximum atomic E-state index is 5.72. The summed E-state index contributed by atoms with van der Waals surface area (Å²) >= 11 is 0. The van der Waals surface area contributed by atoms with Crippen LogP contribution in [0.2, 0.25) is 0 Å². The summed E-state index contributed by atoms with van der Waals surface area (Å²) < 4.78 is 0. The van der Waals surface area contributed by atoms with Crippen molar-refractivity contribution in [1.82, 2.24) is 15.2 Å². The molecule has 0 spiro atoms. The molecular weight excluding hydrogens is 250 g/mol. The van der Waals surface area contributed by atoms with Gasteiger partial charge in [-0.3, -0.25) is 4.98 Å². The highest BCUT2D eigenvalue weighted by molar-refractivity contribution is 5.58. The van der Waals surface area contributed by atoms with E-state index >= 15 is 0 Å². The van der Waals surface area contributed by atoms with Crippen molar-refractivity contribution in [2.45, 2.75) is 12.8 Å². The molecule has 5 heteroatoms. The van der Waals surface area contributed by atoms with Crippen molar-refractivity contribution in [3.63, 3.8) is 0 Å². The van der Waals surface area contributed by atoms with Crippen molar-refractivity contribution >= 4 is 5.82 Å². The van der Waals surface area contributed by atoms with E-state index < -0.39 is 0 Å². The van der Waals surface area contributed by atoms with Crippen LogP contribution in [0.5, 0.6) is 0 Å². The summed E-state index contributed by atoms with van der Waals surface area (Å²) in [4.78, 5) is 6.38. The predicted molar refractivity (Wildman–Crippen MR) is 79.3 cm³/mol. The quantitative estimate of drug-likeness (QED) is 0.918. The summed E-state index contributed by atoms with van der Waals surface area (Å²) in [7, 11) is 0. The molecule has 1 fully saturated rings. The minimum absolute atomic E-state index is 0.661. The maximum Gasteiger partial charge on any atom is 0.151 e. The van der Waals surface area contributed by atoms with Crippen LogP contribution in [0, 0.1) is 5.92 Å². The number of piperidine rings is 1. The molecule has 0 bridgehead atoms. The van der Waals surface area contributed by atoms with Gasteiger partial charge in [-0.25, -0.2) is 0 Å². The van der Waals surface area contributed by atoms with Gasteiger partial charge in [0.15, 0.2) is 5.82 Å². The Bertz CT molecular complexity index is 532.